The molecule has 1 N–H and O–H groups in total. The molecule has 0 saturated carbocycles. The van der Waals surface area contributed by atoms with E-state index in [1.165, 1.54) is 0 Å². The maximum absolute atomic E-state index is 12.2. The third-order valence-corrected chi connectivity index (χ3v) is 4.48. The summed E-state index contributed by atoms with van der Waals surface area (Å²) in [7, 11) is 1.60. The Labute approximate surface area is 168 Å². The van der Waals surface area contributed by atoms with Crippen molar-refractivity contribution in [3.8, 4) is 23.0 Å². The molecular weight excluding hydrogens is 368 g/mol. The number of methoxy groups -OCH3 is 1. The zero-order chi connectivity index (χ0) is 20.2. The summed E-state index contributed by atoms with van der Waals surface area (Å²) in [5.74, 6) is 1.62. The predicted molar refractivity (Wildman–Crippen MR) is 111 cm³/mol. The SMILES string of the molecule is COc1ccc(OCC(=O)Nc2ccc3oc(-c4ccccc4C)nc3c2)cc1. The van der Waals surface area contributed by atoms with Crippen molar-refractivity contribution in [2.45, 2.75) is 6.92 Å². The highest BCUT2D eigenvalue weighted by Crippen LogP contribution is 2.28. The lowest BCUT2D eigenvalue weighted by atomic mass is 10.1. The summed E-state index contributed by atoms with van der Waals surface area (Å²) >= 11 is 0. The molecular formula is C23H20N2O4. The number of carbonyl (C=O) groups excluding carboxylic acids is 1. The monoisotopic (exact) mass is 388 g/mol. The van der Waals surface area contributed by atoms with E-state index in [4.69, 9.17) is 13.9 Å². The molecule has 4 rings (SSSR count). The first-order valence-electron chi connectivity index (χ1n) is 9.16. The van der Waals surface area contributed by atoms with Crippen molar-refractivity contribution in [3.63, 3.8) is 0 Å². The molecule has 1 aromatic heterocycles. The topological polar surface area (TPSA) is 73.6 Å². The van der Waals surface area contributed by atoms with Crippen LogP contribution < -0.4 is 14.8 Å². The van der Waals surface area contributed by atoms with E-state index in [0.717, 1.165) is 16.9 Å². The third kappa shape index (κ3) is 4.21. The maximum Gasteiger partial charge on any atom is 0.262 e. The van der Waals surface area contributed by atoms with E-state index >= 15 is 0 Å². The van der Waals surface area contributed by atoms with Crippen molar-refractivity contribution in [3.05, 3.63) is 72.3 Å². The van der Waals surface area contributed by atoms with Gasteiger partial charge in [0.05, 0.1) is 7.11 Å². The number of rotatable bonds is 6. The number of aromatic nitrogens is 1. The lowest BCUT2D eigenvalue weighted by molar-refractivity contribution is -0.118. The highest BCUT2D eigenvalue weighted by Gasteiger charge is 2.11. The van der Waals surface area contributed by atoms with Crippen LogP contribution >= 0.6 is 0 Å². The number of nitrogens with one attached hydrogen (secondary N) is 1. The molecule has 6 nitrogen and oxygen atoms in total. The van der Waals surface area contributed by atoms with E-state index in [2.05, 4.69) is 10.3 Å². The minimum Gasteiger partial charge on any atom is -0.497 e. The minimum absolute atomic E-state index is 0.0996. The second-order valence-electron chi connectivity index (χ2n) is 6.53. The highest BCUT2D eigenvalue weighted by atomic mass is 16.5. The summed E-state index contributed by atoms with van der Waals surface area (Å²) in [6.45, 7) is 1.91. The molecule has 4 aromatic rings. The summed E-state index contributed by atoms with van der Waals surface area (Å²) in [6.07, 6.45) is 0. The van der Waals surface area contributed by atoms with Gasteiger partial charge >= 0.3 is 0 Å². The van der Waals surface area contributed by atoms with Gasteiger partial charge in [-0.25, -0.2) is 4.98 Å². The number of fused-ring (bicyclic) bond motifs is 1. The Morgan fingerprint density at radius 2 is 1.79 bits per heavy atom. The van der Waals surface area contributed by atoms with Crippen molar-refractivity contribution in [2.24, 2.45) is 0 Å². The molecule has 0 unspecified atom stereocenters. The Balaban J connectivity index is 1.43. The average molecular weight is 388 g/mol. The van der Waals surface area contributed by atoms with Crippen LogP contribution in [-0.4, -0.2) is 24.6 Å². The molecule has 29 heavy (non-hydrogen) atoms. The van der Waals surface area contributed by atoms with Gasteiger partial charge in [-0.05, 0) is 61.0 Å². The predicted octanol–water partition coefficient (Wildman–Crippen LogP) is 4.83. The Bertz CT molecular complexity index is 1150. The molecule has 0 radical (unpaired) electrons. The first-order valence-corrected chi connectivity index (χ1v) is 9.16. The Morgan fingerprint density at radius 1 is 1.03 bits per heavy atom. The van der Waals surface area contributed by atoms with Gasteiger partial charge in [-0.3, -0.25) is 4.79 Å². The number of nitrogens with zero attached hydrogens (tertiary/aromatic N) is 1. The van der Waals surface area contributed by atoms with Crippen LogP contribution in [0.1, 0.15) is 5.56 Å². The van der Waals surface area contributed by atoms with Crippen LogP contribution in [-0.2, 0) is 4.79 Å². The summed E-state index contributed by atoms with van der Waals surface area (Å²) in [4.78, 5) is 16.8. The van der Waals surface area contributed by atoms with Crippen LogP contribution in [0.3, 0.4) is 0 Å². The summed E-state index contributed by atoms with van der Waals surface area (Å²) < 4.78 is 16.5. The van der Waals surface area contributed by atoms with Gasteiger partial charge in [0.1, 0.15) is 17.0 Å². The largest absolute Gasteiger partial charge is 0.497 e. The van der Waals surface area contributed by atoms with E-state index in [9.17, 15) is 4.79 Å². The molecule has 0 atom stereocenters. The quantitative estimate of drug-likeness (QED) is 0.512. The van der Waals surface area contributed by atoms with Gasteiger partial charge in [0.25, 0.3) is 5.91 Å². The van der Waals surface area contributed by atoms with E-state index in [1.54, 1.807) is 49.6 Å². The van der Waals surface area contributed by atoms with Crippen molar-refractivity contribution in [1.82, 2.24) is 4.98 Å². The van der Waals surface area contributed by atoms with Crippen molar-refractivity contribution in [1.29, 1.82) is 0 Å². The van der Waals surface area contributed by atoms with Gasteiger partial charge in [0, 0.05) is 11.3 Å². The number of aryl methyl sites for hydroxylation is 1. The van der Waals surface area contributed by atoms with Crippen molar-refractivity contribution < 1.29 is 18.7 Å². The number of hydrogen-bond acceptors (Lipinski definition) is 5. The lowest BCUT2D eigenvalue weighted by Crippen LogP contribution is -2.20. The Hall–Kier alpha value is -3.80. The fourth-order valence-electron chi connectivity index (χ4n) is 2.95. The number of hydrogen-bond donors (Lipinski definition) is 1. The Morgan fingerprint density at radius 3 is 2.55 bits per heavy atom. The van der Waals surface area contributed by atoms with Crippen LogP contribution in [0.15, 0.2) is 71.1 Å². The van der Waals surface area contributed by atoms with Gasteiger partial charge in [-0.15, -0.1) is 0 Å². The normalized spacial score (nSPS) is 10.7. The van der Waals surface area contributed by atoms with Gasteiger partial charge < -0.3 is 19.2 Å². The second-order valence-corrected chi connectivity index (χ2v) is 6.53. The molecule has 6 heteroatoms. The third-order valence-electron chi connectivity index (χ3n) is 4.48. The van der Waals surface area contributed by atoms with Gasteiger partial charge in [0.2, 0.25) is 5.89 Å². The molecule has 0 saturated heterocycles. The number of anilines is 1. The molecule has 146 valence electrons. The summed E-state index contributed by atoms with van der Waals surface area (Å²) in [6, 6.07) is 20.3. The minimum atomic E-state index is -0.261. The van der Waals surface area contributed by atoms with Crippen molar-refractivity contribution >= 4 is 22.7 Å². The first kappa shape index (κ1) is 18.6. The van der Waals surface area contributed by atoms with Crippen LogP contribution in [0.25, 0.3) is 22.6 Å². The van der Waals surface area contributed by atoms with Crippen LogP contribution in [0.2, 0.25) is 0 Å². The number of carbonyl (C=O) groups is 1. The fraction of sp³-hybridized carbons (Fsp3) is 0.130. The van der Waals surface area contributed by atoms with Gasteiger partial charge in [-0.1, -0.05) is 18.2 Å². The van der Waals surface area contributed by atoms with Crippen LogP contribution in [0, 0.1) is 6.92 Å². The van der Waals surface area contributed by atoms with Crippen LogP contribution in [0.5, 0.6) is 11.5 Å². The fourth-order valence-corrected chi connectivity index (χ4v) is 2.95. The maximum atomic E-state index is 12.2. The second kappa shape index (κ2) is 8.06. The standard InChI is InChI=1S/C23H20N2O4/c1-15-5-3-4-6-19(15)23-25-20-13-16(7-12-21(20)29-23)24-22(26)14-28-18-10-8-17(27-2)9-11-18/h3-13H,14H2,1-2H3,(H,24,26). The van der Waals surface area contributed by atoms with E-state index in [0.29, 0.717) is 28.4 Å². The first-order chi connectivity index (χ1) is 14.1. The number of ether oxygens (including phenoxy) is 2. The zero-order valence-electron chi connectivity index (χ0n) is 16.1. The molecule has 0 aliphatic heterocycles. The molecule has 1 heterocycles. The number of oxazole rings is 1. The summed E-state index contributed by atoms with van der Waals surface area (Å²) in [5, 5.41) is 2.82. The van der Waals surface area contributed by atoms with E-state index in [1.807, 2.05) is 31.2 Å². The van der Waals surface area contributed by atoms with Crippen molar-refractivity contribution in [2.75, 3.05) is 19.0 Å². The molecule has 0 aliphatic rings. The molecule has 0 aliphatic carbocycles. The average Bonchev–Trinajstić information content (AvgIpc) is 3.16. The van der Waals surface area contributed by atoms with E-state index in [-0.39, 0.29) is 12.5 Å². The Kier molecular flexibility index (Phi) is 5.16. The van der Waals surface area contributed by atoms with Gasteiger partial charge in [0.15, 0.2) is 12.2 Å². The molecule has 3 aromatic carbocycles. The number of amides is 1. The van der Waals surface area contributed by atoms with Crippen LogP contribution in [0.4, 0.5) is 5.69 Å². The van der Waals surface area contributed by atoms with E-state index < -0.39 is 0 Å². The molecule has 0 spiro atoms. The molecule has 1 amide bonds. The van der Waals surface area contributed by atoms with Gasteiger partial charge in [-0.2, -0.15) is 0 Å². The lowest BCUT2D eigenvalue weighted by Gasteiger charge is -2.08. The smallest absolute Gasteiger partial charge is 0.262 e. The number of benzene rings is 3. The zero-order valence-corrected chi connectivity index (χ0v) is 16.1. The molecule has 0 fully saturated rings. The summed E-state index contributed by atoms with van der Waals surface area (Å²) in [5.41, 5.74) is 4.00. The highest BCUT2D eigenvalue weighted by molar-refractivity contribution is 5.94. The molecule has 0 bridgehead atoms.